The van der Waals surface area contributed by atoms with Crippen LogP contribution in [-0.2, 0) is 0 Å². The van der Waals surface area contributed by atoms with Crippen molar-refractivity contribution in [3.05, 3.63) is 63.4 Å². The number of hydrogen-bond acceptors (Lipinski definition) is 2. The predicted molar refractivity (Wildman–Crippen MR) is 88.1 cm³/mol. The number of amides is 1. The highest BCUT2D eigenvalue weighted by molar-refractivity contribution is 14.1. The summed E-state index contributed by atoms with van der Waals surface area (Å²) in [5, 5.41) is 3.80. The van der Waals surface area contributed by atoms with Gasteiger partial charge in [-0.1, -0.05) is 23.8 Å². The highest BCUT2D eigenvalue weighted by atomic mass is 127. The van der Waals surface area contributed by atoms with Crippen molar-refractivity contribution >= 4 is 45.2 Å². The topological polar surface area (TPSA) is 42.2 Å². The monoisotopic (exact) mass is 377 g/mol. The van der Waals surface area contributed by atoms with Crippen molar-refractivity contribution in [2.45, 2.75) is 6.92 Å². The van der Waals surface area contributed by atoms with E-state index in [4.69, 9.17) is 4.42 Å². The maximum Gasteiger partial charge on any atom is 0.291 e. The van der Waals surface area contributed by atoms with Gasteiger partial charge in [0, 0.05) is 8.96 Å². The second-order valence-electron chi connectivity index (χ2n) is 4.59. The van der Waals surface area contributed by atoms with E-state index in [-0.39, 0.29) is 5.91 Å². The summed E-state index contributed by atoms with van der Waals surface area (Å²) < 4.78 is 6.57. The fourth-order valence-corrected chi connectivity index (χ4v) is 2.54. The van der Waals surface area contributed by atoms with Crippen LogP contribution in [-0.4, -0.2) is 5.91 Å². The number of furan rings is 1. The van der Waals surface area contributed by atoms with Gasteiger partial charge in [-0.25, -0.2) is 0 Å². The lowest BCUT2D eigenvalue weighted by atomic mass is 10.2. The maximum atomic E-state index is 12.2. The second kappa shape index (κ2) is 5.28. The molecular formula is C16H12INO2. The number of halogens is 1. The lowest BCUT2D eigenvalue weighted by Gasteiger charge is -2.04. The third-order valence-electron chi connectivity index (χ3n) is 3.02. The summed E-state index contributed by atoms with van der Waals surface area (Å²) in [4.78, 5) is 12.2. The minimum Gasteiger partial charge on any atom is -0.451 e. The van der Waals surface area contributed by atoms with E-state index in [1.807, 2.05) is 49.4 Å². The number of anilines is 1. The van der Waals surface area contributed by atoms with Crippen LogP contribution in [0.3, 0.4) is 0 Å². The van der Waals surface area contributed by atoms with E-state index in [9.17, 15) is 4.79 Å². The summed E-state index contributed by atoms with van der Waals surface area (Å²) in [7, 11) is 0. The van der Waals surface area contributed by atoms with Crippen molar-refractivity contribution in [3.63, 3.8) is 0 Å². The Morgan fingerprint density at radius 1 is 1.15 bits per heavy atom. The minimum absolute atomic E-state index is 0.233. The molecule has 1 aromatic heterocycles. The first-order valence-electron chi connectivity index (χ1n) is 6.19. The Balaban J connectivity index is 1.91. The minimum atomic E-state index is -0.233. The standard InChI is InChI=1S/C16H12INO2/c1-10-6-7-14-11(8-10)9-15(20-14)16(19)18-13-5-3-2-4-12(13)17/h2-9H,1H3,(H,18,19). The third kappa shape index (κ3) is 2.56. The Morgan fingerprint density at radius 3 is 2.75 bits per heavy atom. The molecule has 3 aromatic rings. The van der Waals surface area contributed by atoms with Gasteiger partial charge in [0.25, 0.3) is 5.91 Å². The van der Waals surface area contributed by atoms with E-state index in [1.54, 1.807) is 6.07 Å². The Hall–Kier alpha value is -1.82. The maximum absolute atomic E-state index is 12.2. The SMILES string of the molecule is Cc1ccc2oc(C(=O)Nc3ccccc3I)cc2c1. The molecule has 100 valence electrons. The summed E-state index contributed by atoms with van der Waals surface area (Å²) in [5.74, 6) is 0.0909. The van der Waals surface area contributed by atoms with E-state index in [1.165, 1.54) is 0 Å². The number of benzene rings is 2. The number of carbonyl (C=O) groups excluding carboxylic acids is 1. The first-order chi connectivity index (χ1) is 9.63. The smallest absolute Gasteiger partial charge is 0.291 e. The molecule has 0 saturated carbocycles. The van der Waals surface area contributed by atoms with Gasteiger partial charge in [-0.15, -0.1) is 0 Å². The van der Waals surface area contributed by atoms with Crippen LogP contribution in [0.15, 0.2) is 52.9 Å². The molecule has 0 aliphatic rings. The number of para-hydroxylation sites is 1. The normalized spacial score (nSPS) is 10.7. The molecule has 3 rings (SSSR count). The van der Waals surface area contributed by atoms with Gasteiger partial charge < -0.3 is 9.73 Å². The van der Waals surface area contributed by atoms with Crippen LogP contribution in [0, 0.1) is 10.5 Å². The molecule has 0 spiro atoms. The molecule has 0 atom stereocenters. The lowest BCUT2D eigenvalue weighted by molar-refractivity contribution is 0.0998. The summed E-state index contributed by atoms with van der Waals surface area (Å²) in [6.45, 7) is 2.01. The molecule has 3 nitrogen and oxygen atoms in total. The van der Waals surface area contributed by atoms with Crippen LogP contribution in [0.2, 0.25) is 0 Å². The molecule has 0 saturated heterocycles. The summed E-state index contributed by atoms with van der Waals surface area (Å²) in [5.41, 5.74) is 2.65. The van der Waals surface area contributed by atoms with Gasteiger partial charge in [-0.3, -0.25) is 4.79 Å². The number of nitrogens with one attached hydrogen (secondary N) is 1. The first kappa shape index (κ1) is 13.2. The third-order valence-corrected chi connectivity index (χ3v) is 3.96. The number of aryl methyl sites for hydroxylation is 1. The van der Waals surface area contributed by atoms with E-state index in [0.29, 0.717) is 5.76 Å². The molecule has 0 aliphatic heterocycles. The average molecular weight is 377 g/mol. The van der Waals surface area contributed by atoms with Gasteiger partial charge in [-0.05, 0) is 59.8 Å². The highest BCUT2D eigenvalue weighted by Gasteiger charge is 2.13. The Labute approximate surface area is 130 Å². The van der Waals surface area contributed by atoms with E-state index in [0.717, 1.165) is 25.8 Å². The van der Waals surface area contributed by atoms with Gasteiger partial charge >= 0.3 is 0 Å². The molecule has 4 heteroatoms. The number of carbonyl (C=O) groups is 1. The Kier molecular flexibility index (Phi) is 3.48. The Morgan fingerprint density at radius 2 is 1.95 bits per heavy atom. The zero-order valence-corrected chi connectivity index (χ0v) is 13.0. The molecule has 0 radical (unpaired) electrons. The molecule has 2 aromatic carbocycles. The highest BCUT2D eigenvalue weighted by Crippen LogP contribution is 2.23. The van der Waals surface area contributed by atoms with Gasteiger partial charge in [0.15, 0.2) is 5.76 Å². The quantitative estimate of drug-likeness (QED) is 0.664. The molecule has 20 heavy (non-hydrogen) atoms. The largest absolute Gasteiger partial charge is 0.451 e. The Bertz CT molecular complexity index is 792. The average Bonchev–Trinajstić information content (AvgIpc) is 2.84. The van der Waals surface area contributed by atoms with Crippen LogP contribution in [0.4, 0.5) is 5.69 Å². The van der Waals surface area contributed by atoms with Crippen molar-refractivity contribution < 1.29 is 9.21 Å². The molecule has 1 heterocycles. The van der Waals surface area contributed by atoms with Crippen molar-refractivity contribution in [3.8, 4) is 0 Å². The fraction of sp³-hybridized carbons (Fsp3) is 0.0625. The van der Waals surface area contributed by atoms with Crippen LogP contribution < -0.4 is 5.32 Å². The predicted octanol–water partition coefficient (Wildman–Crippen LogP) is 4.60. The molecule has 0 bridgehead atoms. The lowest BCUT2D eigenvalue weighted by Crippen LogP contribution is -2.11. The van der Waals surface area contributed by atoms with Gasteiger partial charge in [0.2, 0.25) is 0 Å². The van der Waals surface area contributed by atoms with Crippen LogP contribution in [0.25, 0.3) is 11.0 Å². The molecular weight excluding hydrogens is 365 g/mol. The van der Waals surface area contributed by atoms with Gasteiger partial charge in [0.1, 0.15) is 5.58 Å². The molecule has 0 unspecified atom stereocenters. The summed E-state index contributed by atoms with van der Waals surface area (Å²) in [6.07, 6.45) is 0. The number of fused-ring (bicyclic) bond motifs is 1. The number of hydrogen-bond donors (Lipinski definition) is 1. The van der Waals surface area contributed by atoms with E-state index < -0.39 is 0 Å². The van der Waals surface area contributed by atoms with Crippen molar-refractivity contribution in [2.75, 3.05) is 5.32 Å². The summed E-state index contributed by atoms with van der Waals surface area (Å²) >= 11 is 2.19. The number of rotatable bonds is 2. The van der Waals surface area contributed by atoms with Gasteiger partial charge in [0.05, 0.1) is 5.69 Å². The van der Waals surface area contributed by atoms with Crippen molar-refractivity contribution in [1.82, 2.24) is 0 Å². The zero-order chi connectivity index (χ0) is 14.1. The van der Waals surface area contributed by atoms with E-state index in [2.05, 4.69) is 27.9 Å². The molecule has 1 amide bonds. The first-order valence-corrected chi connectivity index (χ1v) is 7.27. The fourth-order valence-electron chi connectivity index (χ4n) is 2.02. The second-order valence-corrected chi connectivity index (χ2v) is 5.75. The molecule has 0 fully saturated rings. The van der Waals surface area contributed by atoms with Gasteiger partial charge in [-0.2, -0.15) is 0 Å². The van der Waals surface area contributed by atoms with Crippen LogP contribution in [0.5, 0.6) is 0 Å². The zero-order valence-electron chi connectivity index (χ0n) is 10.8. The van der Waals surface area contributed by atoms with Crippen molar-refractivity contribution in [2.24, 2.45) is 0 Å². The molecule has 0 aliphatic carbocycles. The van der Waals surface area contributed by atoms with E-state index >= 15 is 0 Å². The van der Waals surface area contributed by atoms with Crippen LogP contribution >= 0.6 is 22.6 Å². The molecule has 1 N–H and O–H groups in total. The van der Waals surface area contributed by atoms with Crippen molar-refractivity contribution in [1.29, 1.82) is 0 Å². The summed E-state index contributed by atoms with van der Waals surface area (Å²) in [6, 6.07) is 15.3. The van der Waals surface area contributed by atoms with Crippen LogP contribution in [0.1, 0.15) is 16.1 Å².